The van der Waals surface area contributed by atoms with Crippen molar-refractivity contribution in [1.82, 2.24) is 5.32 Å². The van der Waals surface area contributed by atoms with Crippen molar-refractivity contribution in [3.05, 3.63) is 70.8 Å². The van der Waals surface area contributed by atoms with E-state index in [1.54, 1.807) is 0 Å². The van der Waals surface area contributed by atoms with Crippen LogP contribution < -0.4 is 5.32 Å². The predicted octanol–water partition coefficient (Wildman–Crippen LogP) is 3.59. The topological polar surface area (TPSA) is 12.0 Å². The molecule has 2 rings (SSSR count). The summed E-state index contributed by atoms with van der Waals surface area (Å²) in [5, 5.41) is 3.46. The Kier molecular flexibility index (Phi) is 3.94. The molecule has 0 bridgehead atoms. The number of rotatable bonds is 4. The summed E-state index contributed by atoms with van der Waals surface area (Å²) in [5.41, 5.74) is 5.30. The highest BCUT2D eigenvalue weighted by atomic mass is 14.8. The van der Waals surface area contributed by atoms with Crippen LogP contribution in [0.5, 0.6) is 0 Å². The first-order chi connectivity index (χ1) is 8.24. The van der Waals surface area contributed by atoms with Crippen LogP contribution in [-0.4, -0.2) is 0 Å². The second kappa shape index (κ2) is 5.65. The molecule has 0 aliphatic rings. The zero-order valence-electron chi connectivity index (χ0n) is 10.5. The molecule has 0 atom stereocenters. The van der Waals surface area contributed by atoms with E-state index in [-0.39, 0.29) is 0 Å². The molecule has 0 spiro atoms. The SMILES string of the molecule is Cc1ccc(CNCc2ccc(C)cc2)cc1. The molecule has 0 saturated heterocycles. The standard InChI is InChI=1S/C16H19N/c1-13-3-7-15(8-4-13)11-17-12-16-9-5-14(2)6-10-16/h3-10,17H,11-12H2,1-2H3. The third-order valence-electron chi connectivity index (χ3n) is 2.90. The van der Waals surface area contributed by atoms with Crippen LogP contribution in [0.15, 0.2) is 48.5 Å². The lowest BCUT2D eigenvalue weighted by Gasteiger charge is -2.06. The van der Waals surface area contributed by atoms with E-state index in [0.717, 1.165) is 13.1 Å². The van der Waals surface area contributed by atoms with Gasteiger partial charge in [-0.15, -0.1) is 0 Å². The molecule has 0 unspecified atom stereocenters. The molecule has 0 aliphatic carbocycles. The third kappa shape index (κ3) is 3.72. The molecule has 88 valence electrons. The van der Waals surface area contributed by atoms with E-state index in [4.69, 9.17) is 0 Å². The molecule has 17 heavy (non-hydrogen) atoms. The fraction of sp³-hybridized carbons (Fsp3) is 0.250. The van der Waals surface area contributed by atoms with E-state index in [1.165, 1.54) is 22.3 Å². The van der Waals surface area contributed by atoms with E-state index in [1.807, 2.05) is 0 Å². The molecule has 0 fully saturated rings. The van der Waals surface area contributed by atoms with Crippen LogP contribution in [-0.2, 0) is 13.1 Å². The normalized spacial score (nSPS) is 10.5. The minimum absolute atomic E-state index is 0.925. The molecule has 1 nitrogen and oxygen atoms in total. The van der Waals surface area contributed by atoms with Gasteiger partial charge >= 0.3 is 0 Å². The second-order valence-corrected chi connectivity index (χ2v) is 4.57. The number of nitrogens with one attached hydrogen (secondary N) is 1. The lowest BCUT2D eigenvalue weighted by molar-refractivity contribution is 0.693. The highest BCUT2D eigenvalue weighted by molar-refractivity contribution is 5.22. The zero-order valence-corrected chi connectivity index (χ0v) is 10.5. The molecule has 0 heterocycles. The van der Waals surface area contributed by atoms with Gasteiger partial charge in [-0.05, 0) is 25.0 Å². The van der Waals surface area contributed by atoms with Crippen LogP contribution in [0.3, 0.4) is 0 Å². The highest BCUT2D eigenvalue weighted by Crippen LogP contribution is 2.05. The zero-order chi connectivity index (χ0) is 12.1. The summed E-state index contributed by atoms with van der Waals surface area (Å²) < 4.78 is 0. The van der Waals surface area contributed by atoms with E-state index in [9.17, 15) is 0 Å². The van der Waals surface area contributed by atoms with Crippen LogP contribution >= 0.6 is 0 Å². The van der Waals surface area contributed by atoms with E-state index in [2.05, 4.69) is 67.7 Å². The minimum Gasteiger partial charge on any atom is -0.309 e. The van der Waals surface area contributed by atoms with E-state index in [0.29, 0.717) is 0 Å². The van der Waals surface area contributed by atoms with Gasteiger partial charge in [-0.2, -0.15) is 0 Å². The van der Waals surface area contributed by atoms with Crippen LogP contribution in [0.1, 0.15) is 22.3 Å². The van der Waals surface area contributed by atoms with Gasteiger partial charge in [0.25, 0.3) is 0 Å². The van der Waals surface area contributed by atoms with Gasteiger partial charge in [0, 0.05) is 13.1 Å². The van der Waals surface area contributed by atoms with Gasteiger partial charge in [-0.25, -0.2) is 0 Å². The summed E-state index contributed by atoms with van der Waals surface area (Å²) in [6.07, 6.45) is 0. The van der Waals surface area contributed by atoms with Crippen molar-refractivity contribution in [2.45, 2.75) is 26.9 Å². The predicted molar refractivity (Wildman–Crippen MR) is 72.9 cm³/mol. The maximum atomic E-state index is 3.46. The molecular formula is C16H19N. The average molecular weight is 225 g/mol. The van der Waals surface area contributed by atoms with Gasteiger partial charge in [0.2, 0.25) is 0 Å². The number of aryl methyl sites for hydroxylation is 2. The Bertz CT molecular complexity index is 408. The third-order valence-corrected chi connectivity index (χ3v) is 2.90. The Morgan fingerprint density at radius 3 is 1.35 bits per heavy atom. The summed E-state index contributed by atoms with van der Waals surface area (Å²) in [4.78, 5) is 0. The molecule has 0 amide bonds. The van der Waals surface area contributed by atoms with Crippen LogP contribution in [0, 0.1) is 13.8 Å². The van der Waals surface area contributed by atoms with Crippen LogP contribution in [0.2, 0.25) is 0 Å². The van der Waals surface area contributed by atoms with Crippen molar-refractivity contribution in [3.8, 4) is 0 Å². The number of benzene rings is 2. The van der Waals surface area contributed by atoms with Crippen molar-refractivity contribution in [2.24, 2.45) is 0 Å². The number of hydrogen-bond donors (Lipinski definition) is 1. The first-order valence-electron chi connectivity index (χ1n) is 6.06. The Hall–Kier alpha value is -1.60. The lowest BCUT2D eigenvalue weighted by atomic mass is 10.1. The summed E-state index contributed by atoms with van der Waals surface area (Å²) in [7, 11) is 0. The second-order valence-electron chi connectivity index (χ2n) is 4.57. The minimum atomic E-state index is 0.925. The van der Waals surface area contributed by atoms with Crippen molar-refractivity contribution in [3.63, 3.8) is 0 Å². The van der Waals surface area contributed by atoms with Gasteiger partial charge in [-0.1, -0.05) is 59.7 Å². The maximum absolute atomic E-state index is 3.46. The average Bonchev–Trinajstić information content (AvgIpc) is 2.34. The van der Waals surface area contributed by atoms with Crippen molar-refractivity contribution in [2.75, 3.05) is 0 Å². The Morgan fingerprint density at radius 1 is 0.647 bits per heavy atom. The summed E-state index contributed by atoms with van der Waals surface area (Å²) in [6, 6.07) is 17.3. The summed E-state index contributed by atoms with van der Waals surface area (Å²) in [5.74, 6) is 0. The highest BCUT2D eigenvalue weighted by Gasteiger charge is 1.94. The van der Waals surface area contributed by atoms with Crippen LogP contribution in [0.25, 0.3) is 0 Å². The van der Waals surface area contributed by atoms with Gasteiger partial charge in [0.1, 0.15) is 0 Å². The van der Waals surface area contributed by atoms with E-state index >= 15 is 0 Å². The maximum Gasteiger partial charge on any atom is 0.0208 e. The molecule has 1 heteroatoms. The summed E-state index contributed by atoms with van der Waals surface area (Å²) in [6.45, 7) is 6.08. The fourth-order valence-electron chi connectivity index (χ4n) is 1.76. The fourth-order valence-corrected chi connectivity index (χ4v) is 1.76. The Morgan fingerprint density at radius 2 is 1.00 bits per heavy atom. The first-order valence-corrected chi connectivity index (χ1v) is 6.06. The van der Waals surface area contributed by atoms with Gasteiger partial charge in [-0.3, -0.25) is 0 Å². The molecule has 0 saturated carbocycles. The lowest BCUT2D eigenvalue weighted by Crippen LogP contribution is -2.12. The molecule has 2 aromatic carbocycles. The van der Waals surface area contributed by atoms with Gasteiger partial charge in [0.15, 0.2) is 0 Å². The largest absolute Gasteiger partial charge is 0.309 e. The quantitative estimate of drug-likeness (QED) is 0.838. The first kappa shape index (κ1) is 11.9. The molecule has 0 radical (unpaired) electrons. The molecule has 0 aromatic heterocycles. The van der Waals surface area contributed by atoms with Gasteiger partial charge < -0.3 is 5.32 Å². The summed E-state index contributed by atoms with van der Waals surface area (Å²) >= 11 is 0. The molecule has 2 aromatic rings. The van der Waals surface area contributed by atoms with Crippen molar-refractivity contribution < 1.29 is 0 Å². The van der Waals surface area contributed by atoms with E-state index < -0.39 is 0 Å². The van der Waals surface area contributed by atoms with Gasteiger partial charge in [0.05, 0.1) is 0 Å². The smallest absolute Gasteiger partial charge is 0.0208 e. The monoisotopic (exact) mass is 225 g/mol. The van der Waals surface area contributed by atoms with Crippen molar-refractivity contribution >= 4 is 0 Å². The molecular weight excluding hydrogens is 206 g/mol. The van der Waals surface area contributed by atoms with Crippen molar-refractivity contribution in [1.29, 1.82) is 0 Å². The number of hydrogen-bond acceptors (Lipinski definition) is 1. The Labute approximate surface area is 103 Å². The molecule has 0 aliphatic heterocycles. The Balaban J connectivity index is 1.83. The molecule has 1 N–H and O–H groups in total. The van der Waals surface area contributed by atoms with Crippen LogP contribution in [0.4, 0.5) is 0 Å².